The van der Waals surface area contributed by atoms with E-state index in [2.05, 4.69) is 5.32 Å². The van der Waals surface area contributed by atoms with Crippen LogP contribution in [0.2, 0.25) is 0 Å². The number of esters is 1. The van der Waals surface area contributed by atoms with Gasteiger partial charge in [0.15, 0.2) is 6.61 Å². The first-order valence-corrected chi connectivity index (χ1v) is 10.9. The number of likely N-dealkylation sites (N-methyl/N-ethyl adjacent to an activating group) is 1. The number of benzene rings is 2. The lowest BCUT2D eigenvalue weighted by atomic mass is 10.2. The molecule has 1 N–H and O–H groups in total. The molecule has 170 valence electrons. The zero-order valence-electron chi connectivity index (χ0n) is 18.6. The Kier molecular flexibility index (Phi) is 9.27. The third-order valence-electron chi connectivity index (χ3n) is 4.43. The van der Waals surface area contributed by atoms with Crippen LogP contribution in [0.5, 0.6) is 0 Å². The zero-order chi connectivity index (χ0) is 23.7. The topological polar surface area (TPSA) is 96.0 Å². The summed E-state index contributed by atoms with van der Waals surface area (Å²) in [5.41, 5.74) is 1.98. The molecule has 2 aromatic carbocycles. The van der Waals surface area contributed by atoms with Crippen LogP contribution in [0.4, 0.5) is 5.69 Å². The Hall–Kier alpha value is -3.33. The summed E-state index contributed by atoms with van der Waals surface area (Å²) in [5.74, 6) is -1.45. The molecule has 0 spiro atoms. The van der Waals surface area contributed by atoms with E-state index in [1.165, 1.54) is 28.6 Å². The Morgan fingerprint density at radius 1 is 0.938 bits per heavy atom. The van der Waals surface area contributed by atoms with Crippen LogP contribution in [0, 0.1) is 6.92 Å². The normalized spacial score (nSPS) is 10.2. The van der Waals surface area contributed by atoms with Crippen molar-refractivity contribution < 1.29 is 23.9 Å². The van der Waals surface area contributed by atoms with Crippen LogP contribution in [0.1, 0.15) is 15.9 Å². The van der Waals surface area contributed by atoms with Crippen LogP contribution < -0.4 is 5.32 Å². The standard InChI is InChI=1S/C23H27N3O5S/c1-16-9-11-17(12-10-16)24-20(27)13-26(4)21(28)14-31-23(30)18-7-5-6-8-19(18)32-15-22(29)25(2)3/h5-12H,13-15H2,1-4H3,(H,24,27). The monoisotopic (exact) mass is 457 g/mol. The van der Waals surface area contributed by atoms with Gasteiger partial charge in [0.2, 0.25) is 11.8 Å². The maximum atomic E-state index is 12.5. The first-order chi connectivity index (χ1) is 15.2. The Labute approximate surface area is 191 Å². The molecule has 0 aliphatic heterocycles. The second-order valence-electron chi connectivity index (χ2n) is 7.31. The highest BCUT2D eigenvalue weighted by atomic mass is 32.2. The summed E-state index contributed by atoms with van der Waals surface area (Å²) in [6.07, 6.45) is 0. The van der Waals surface area contributed by atoms with Crippen molar-refractivity contribution >= 4 is 41.1 Å². The summed E-state index contributed by atoms with van der Waals surface area (Å²) >= 11 is 1.22. The van der Waals surface area contributed by atoms with E-state index in [1.54, 1.807) is 50.5 Å². The second kappa shape index (κ2) is 11.9. The summed E-state index contributed by atoms with van der Waals surface area (Å²) in [6, 6.07) is 14.0. The van der Waals surface area contributed by atoms with Gasteiger partial charge in [-0.2, -0.15) is 0 Å². The number of carbonyl (C=O) groups excluding carboxylic acids is 4. The lowest BCUT2D eigenvalue weighted by Crippen LogP contribution is -2.37. The van der Waals surface area contributed by atoms with Gasteiger partial charge in [-0.1, -0.05) is 29.8 Å². The summed E-state index contributed by atoms with van der Waals surface area (Å²) in [4.78, 5) is 52.0. The highest BCUT2D eigenvalue weighted by Crippen LogP contribution is 2.23. The maximum Gasteiger partial charge on any atom is 0.339 e. The van der Waals surface area contributed by atoms with Crippen LogP contribution in [0.25, 0.3) is 0 Å². The van der Waals surface area contributed by atoms with Gasteiger partial charge < -0.3 is 19.9 Å². The number of nitrogens with one attached hydrogen (secondary N) is 1. The molecule has 0 saturated heterocycles. The second-order valence-corrected chi connectivity index (χ2v) is 8.33. The van der Waals surface area contributed by atoms with Crippen LogP contribution in [0.15, 0.2) is 53.4 Å². The quantitative estimate of drug-likeness (QED) is 0.459. The lowest BCUT2D eigenvalue weighted by molar-refractivity contribution is -0.136. The van der Waals surface area contributed by atoms with Crippen molar-refractivity contribution in [1.29, 1.82) is 0 Å². The van der Waals surface area contributed by atoms with Crippen LogP contribution in [-0.4, -0.2) is 73.5 Å². The van der Waals surface area contributed by atoms with Crippen molar-refractivity contribution in [2.45, 2.75) is 11.8 Å². The Morgan fingerprint density at radius 2 is 1.59 bits per heavy atom. The van der Waals surface area contributed by atoms with E-state index in [9.17, 15) is 19.2 Å². The number of amides is 3. The van der Waals surface area contributed by atoms with Crippen molar-refractivity contribution in [2.24, 2.45) is 0 Å². The van der Waals surface area contributed by atoms with Gasteiger partial charge in [-0.15, -0.1) is 11.8 Å². The fourth-order valence-electron chi connectivity index (χ4n) is 2.49. The highest BCUT2D eigenvalue weighted by Gasteiger charge is 2.18. The number of hydrogen-bond donors (Lipinski definition) is 1. The van der Waals surface area contributed by atoms with Crippen molar-refractivity contribution in [1.82, 2.24) is 9.80 Å². The SMILES string of the molecule is Cc1ccc(NC(=O)CN(C)C(=O)COC(=O)c2ccccc2SCC(=O)N(C)C)cc1. The van der Waals surface area contributed by atoms with Gasteiger partial charge in [0.05, 0.1) is 17.9 Å². The lowest BCUT2D eigenvalue weighted by Gasteiger charge is -2.17. The van der Waals surface area contributed by atoms with Gasteiger partial charge >= 0.3 is 5.97 Å². The molecule has 0 atom stereocenters. The number of thioether (sulfide) groups is 1. The van der Waals surface area contributed by atoms with Crippen molar-refractivity contribution in [3.63, 3.8) is 0 Å². The Balaban J connectivity index is 1.86. The summed E-state index contributed by atoms with van der Waals surface area (Å²) in [6.45, 7) is 1.27. The van der Waals surface area contributed by atoms with E-state index in [1.807, 2.05) is 19.1 Å². The smallest absolute Gasteiger partial charge is 0.339 e. The van der Waals surface area contributed by atoms with E-state index >= 15 is 0 Å². The number of aryl methyl sites for hydroxylation is 1. The van der Waals surface area contributed by atoms with E-state index in [4.69, 9.17) is 4.74 Å². The minimum atomic E-state index is -0.670. The number of ether oxygens (including phenoxy) is 1. The third kappa shape index (κ3) is 7.73. The average molecular weight is 458 g/mol. The molecule has 2 rings (SSSR count). The number of anilines is 1. The molecule has 3 amide bonds. The van der Waals surface area contributed by atoms with E-state index in [0.717, 1.165) is 5.56 Å². The molecule has 0 aliphatic rings. The molecule has 2 aromatic rings. The number of carbonyl (C=O) groups is 4. The average Bonchev–Trinajstić information content (AvgIpc) is 2.77. The first kappa shape index (κ1) is 24.9. The van der Waals surface area contributed by atoms with Gasteiger partial charge in [-0.3, -0.25) is 14.4 Å². The van der Waals surface area contributed by atoms with Crippen molar-refractivity contribution in [3.8, 4) is 0 Å². The molecule has 0 saturated carbocycles. The van der Waals surface area contributed by atoms with Crippen molar-refractivity contribution in [3.05, 3.63) is 59.7 Å². The highest BCUT2D eigenvalue weighted by molar-refractivity contribution is 8.00. The van der Waals surface area contributed by atoms with Crippen LogP contribution in [-0.2, 0) is 19.1 Å². The molecule has 0 aliphatic carbocycles. The summed E-state index contributed by atoms with van der Waals surface area (Å²) < 4.78 is 5.15. The minimum absolute atomic E-state index is 0.0844. The Morgan fingerprint density at radius 3 is 2.25 bits per heavy atom. The first-order valence-electron chi connectivity index (χ1n) is 9.87. The van der Waals surface area contributed by atoms with Gasteiger partial charge in [-0.25, -0.2) is 4.79 Å². The summed E-state index contributed by atoms with van der Waals surface area (Å²) in [7, 11) is 4.78. The molecular weight excluding hydrogens is 430 g/mol. The number of rotatable bonds is 9. The van der Waals surface area contributed by atoms with Gasteiger partial charge in [0, 0.05) is 31.7 Å². The fourth-order valence-corrected chi connectivity index (χ4v) is 3.50. The molecule has 9 heteroatoms. The van der Waals surface area contributed by atoms with Crippen molar-refractivity contribution in [2.75, 3.05) is 45.4 Å². The molecule has 0 radical (unpaired) electrons. The van der Waals surface area contributed by atoms with Gasteiger partial charge in [0.25, 0.3) is 5.91 Å². The minimum Gasteiger partial charge on any atom is -0.452 e. The molecule has 0 bridgehead atoms. The molecule has 0 unspecified atom stereocenters. The third-order valence-corrected chi connectivity index (χ3v) is 5.48. The van der Waals surface area contributed by atoms with Crippen LogP contribution >= 0.6 is 11.8 Å². The molecule has 0 fully saturated rings. The summed E-state index contributed by atoms with van der Waals surface area (Å²) in [5, 5.41) is 2.71. The molecule has 0 heterocycles. The zero-order valence-corrected chi connectivity index (χ0v) is 19.4. The number of hydrogen-bond acceptors (Lipinski definition) is 6. The van der Waals surface area contributed by atoms with E-state index < -0.39 is 18.5 Å². The molecule has 32 heavy (non-hydrogen) atoms. The largest absolute Gasteiger partial charge is 0.452 e. The molecule has 8 nitrogen and oxygen atoms in total. The Bertz CT molecular complexity index is 976. The fraction of sp³-hybridized carbons (Fsp3) is 0.304. The predicted octanol–water partition coefficient (Wildman–Crippen LogP) is 2.43. The number of nitrogens with zero attached hydrogens (tertiary/aromatic N) is 2. The molecule has 0 aromatic heterocycles. The van der Waals surface area contributed by atoms with E-state index in [-0.39, 0.29) is 29.7 Å². The van der Waals surface area contributed by atoms with Gasteiger partial charge in [0.1, 0.15) is 0 Å². The van der Waals surface area contributed by atoms with Gasteiger partial charge in [-0.05, 0) is 31.2 Å². The van der Waals surface area contributed by atoms with E-state index in [0.29, 0.717) is 10.6 Å². The maximum absolute atomic E-state index is 12.5. The predicted molar refractivity (Wildman–Crippen MR) is 124 cm³/mol. The van der Waals surface area contributed by atoms with Crippen LogP contribution in [0.3, 0.4) is 0 Å². The molecular formula is C23H27N3O5S.